The van der Waals surface area contributed by atoms with Crippen LogP contribution in [0.2, 0.25) is 0 Å². The highest BCUT2D eigenvalue weighted by atomic mass is 127. The third kappa shape index (κ3) is 9.15. The molecular formula is C16H34IN3O2. The molecule has 6 heteroatoms. The van der Waals surface area contributed by atoms with E-state index in [2.05, 4.69) is 17.2 Å². The van der Waals surface area contributed by atoms with E-state index in [0.29, 0.717) is 12.5 Å². The van der Waals surface area contributed by atoms with Crippen LogP contribution in [-0.4, -0.2) is 45.0 Å². The molecule has 1 saturated heterocycles. The van der Waals surface area contributed by atoms with Crippen LogP contribution in [0.15, 0.2) is 4.99 Å². The minimum atomic E-state index is -0.190. The zero-order valence-electron chi connectivity index (χ0n) is 14.2. The average Bonchev–Trinajstić information content (AvgIpc) is 2.53. The second kappa shape index (κ2) is 13.4. The predicted octanol–water partition coefficient (Wildman–Crippen LogP) is 3.06. The molecule has 0 saturated carbocycles. The van der Waals surface area contributed by atoms with Crippen molar-refractivity contribution in [3.05, 3.63) is 0 Å². The van der Waals surface area contributed by atoms with Crippen molar-refractivity contribution >= 4 is 29.9 Å². The van der Waals surface area contributed by atoms with Crippen LogP contribution in [0.3, 0.4) is 0 Å². The first-order valence-corrected chi connectivity index (χ1v) is 8.39. The zero-order valence-corrected chi connectivity index (χ0v) is 16.6. The second-order valence-electron chi connectivity index (χ2n) is 5.90. The maximum absolute atomic E-state index is 5.92. The zero-order chi connectivity index (χ0) is 15.4. The molecule has 0 radical (unpaired) electrons. The molecule has 0 atom stereocenters. The standard InChI is InChI=1S/C16H33N3O2.HI/c1-3-4-5-6-7-8-11-18-15(17)19-14-16(20-2)9-12-21-13-10-16;/h3-14H2,1-2H3,(H3,17,18,19);1H. The van der Waals surface area contributed by atoms with Gasteiger partial charge in [-0.1, -0.05) is 39.0 Å². The normalized spacial score (nSPS) is 17.8. The number of ether oxygens (including phenoxy) is 2. The van der Waals surface area contributed by atoms with Gasteiger partial charge in [0.1, 0.15) is 0 Å². The summed E-state index contributed by atoms with van der Waals surface area (Å²) in [4.78, 5) is 4.44. The number of nitrogens with one attached hydrogen (secondary N) is 1. The van der Waals surface area contributed by atoms with E-state index in [1.807, 2.05) is 0 Å². The number of hydrogen-bond acceptors (Lipinski definition) is 3. The molecule has 22 heavy (non-hydrogen) atoms. The number of nitrogens with two attached hydrogens (primary N) is 1. The Labute approximate surface area is 152 Å². The Balaban J connectivity index is 0.00000441. The Bertz CT molecular complexity index is 295. The first kappa shape index (κ1) is 21.9. The molecule has 0 spiro atoms. The lowest BCUT2D eigenvalue weighted by Crippen LogP contribution is -2.42. The maximum atomic E-state index is 5.92. The minimum Gasteiger partial charge on any atom is -0.381 e. The monoisotopic (exact) mass is 427 g/mol. The Morgan fingerprint density at radius 2 is 1.82 bits per heavy atom. The van der Waals surface area contributed by atoms with Crippen molar-refractivity contribution in [3.63, 3.8) is 0 Å². The highest BCUT2D eigenvalue weighted by Gasteiger charge is 2.32. The van der Waals surface area contributed by atoms with E-state index in [9.17, 15) is 0 Å². The molecule has 1 aliphatic rings. The third-order valence-electron chi connectivity index (χ3n) is 4.21. The first-order valence-electron chi connectivity index (χ1n) is 8.39. The highest BCUT2D eigenvalue weighted by Crippen LogP contribution is 2.24. The molecule has 3 N–H and O–H groups in total. The van der Waals surface area contributed by atoms with Crippen molar-refractivity contribution in [2.24, 2.45) is 10.7 Å². The number of guanidine groups is 1. The molecule has 132 valence electrons. The fourth-order valence-electron chi connectivity index (χ4n) is 2.58. The number of rotatable bonds is 10. The fraction of sp³-hybridized carbons (Fsp3) is 0.938. The summed E-state index contributed by atoms with van der Waals surface area (Å²) >= 11 is 0. The van der Waals surface area contributed by atoms with E-state index >= 15 is 0 Å². The lowest BCUT2D eigenvalue weighted by Gasteiger charge is -2.34. The molecule has 5 nitrogen and oxygen atoms in total. The first-order chi connectivity index (χ1) is 10.2. The summed E-state index contributed by atoms with van der Waals surface area (Å²) in [5.74, 6) is 0.534. The molecule has 1 rings (SSSR count). The minimum absolute atomic E-state index is 0. The van der Waals surface area contributed by atoms with Crippen molar-refractivity contribution in [2.75, 3.05) is 33.4 Å². The smallest absolute Gasteiger partial charge is 0.188 e. The summed E-state index contributed by atoms with van der Waals surface area (Å²) in [6.07, 6.45) is 9.50. The number of nitrogens with zero attached hydrogens (tertiary/aromatic N) is 1. The van der Waals surface area contributed by atoms with E-state index in [0.717, 1.165) is 39.0 Å². The quantitative estimate of drug-likeness (QED) is 0.243. The maximum Gasteiger partial charge on any atom is 0.188 e. The molecule has 0 amide bonds. The average molecular weight is 427 g/mol. The summed E-state index contributed by atoms with van der Waals surface area (Å²) in [7, 11) is 1.75. The summed E-state index contributed by atoms with van der Waals surface area (Å²) in [5.41, 5.74) is 5.73. The van der Waals surface area contributed by atoms with Crippen molar-refractivity contribution in [1.82, 2.24) is 5.32 Å². The molecule has 0 aromatic heterocycles. The number of unbranched alkanes of at least 4 members (excludes halogenated alkanes) is 5. The largest absolute Gasteiger partial charge is 0.381 e. The SMILES string of the molecule is CCCCCCCCNC(N)=NCC1(OC)CCOCC1.I. The number of halogens is 1. The lowest BCUT2D eigenvalue weighted by molar-refractivity contribution is -0.0828. The molecule has 1 fully saturated rings. The van der Waals surface area contributed by atoms with Crippen LogP contribution < -0.4 is 11.1 Å². The van der Waals surface area contributed by atoms with Crippen LogP contribution in [0.5, 0.6) is 0 Å². The Morgan fingerprint density at radius 3 is 2.45 bits per heavy atom. The Hall–Kier alpha value is -0.0800. The van der Waals surface area contributed by atoms with Gasteiger partial charge in [0.2, 0.25) is 0 Å². The van der Waals surface area contributed by atoms with Gasteiger partial charge in [-0.05, 0) is 6.42 Å². The van der Waals surface area contributed by atoms with Crippen molar-refractivity contribution in [1.29, 1.82) is 0 Å². The van der Waals surface area contributed by atoms with Gasteiger partial charge < -0.3 is 20.5 Å². The summed E-state index contributed by atoms with van der Waals surface area (Å²) in [6.45, 7) is 5.25. The Morgan fingerprint density at radius 1 is 1.18 bits per heavy atom. The molecule has 0 aromatic rings. The van der Waals surface area contributed by atoms with Gasteiger partial charge in [-0.15, -0.1) is 24.0 Å². The van der Waals surface area contributed by atoms with Gasteiger partial charge in [-0.25, -0.2) is 0 Å². The van der Waals surface area contributed by atoms with Crippen molar-refractivity contribution in [2.45, 2.75) is 63.9 Å². The van der Waals surface area contributed by atoms with Gasteiger partial charge in [0.25, 0.3) is 0 Å². The van der Waals surface area contributed by atoms with Crippen LogP contribution in [0.4, 0.5) is 0 Å². The van der Waals surface area contributed by atoms with Crippen LogP contribution in [-0.2, 0) is 9.47 Å². The molecule has 1 aliphatic heterocycles. The topological polar surface area (TPSA) is 68.9 Å². The van der Waals surface area contributed by atoms with Gasteiger partial charge in [-0.2, -0.15) is 0 Å². The number of aliphatic imine (C=N–C) groups is 1. The Kier molecular flexibility index (Phi) is 13.3. The van der Waals surface area contributed by atoms with Gasteiger partial charge in [0.05, 0.1) is 12.1 Å². The number of hydrogen-bond donors (Lipinski definition) is 2. The van der Waals surface area contributed by atoms with Gasteiger partial charge in [0.15, 0.2) is 5.96 Å². The van der Waals surface area contributed by atoms with Crippen LogP contribution >= 0.6 is 24.0 Å². The molecule has 1 heterocycles. The van der Waals surface area contributed by atoms with E-state index in [1.165, 1.54) is 32.1 Å². The number of methoxy groups -OCH3 is 1. The molecule has 0 aliphatic carbocycles. The van der Waals surface area contributed by atoms with Crippen LogP contribution in [0.1, 0.15) is 58.3 Å². The predicted molar refractivity (Wildman–Crippen MR) is 103 cm³/mol. The van der Waals surface area contributed by atoms with Gasteiger partial charge in [0, 0.05) is 39.7 Å². The summed E-state index contributed by atoms with van der Waals surface area (Å²) in [6, 6.07) is 0. The van der Waals surface area contributed by atoms with Crippen LogP contribution in [0, 0.1) is 0 Å². The second-order valence-corrected chi connectivity index (χ2v) is 5.90. The van der Waals surface area contributed by atoms with Gasteiger partial charge >= 0.3 is 0 Å². The highest BCUT2D eigenvalue weighted by molar-refractivity contribution is 14.0. The molecule has 0 unspecified atom stereocenters. The molecule has 0 aromatic carbocycles. The van der Waals surface area contributed by atoms with E-state index < -0.39 is 0 Å². The van der Waals surface area contributed by atoms with E-state index in [-0.39, 0.29) is 29.6 Å². The van der Waals surface area contributed by atoms with E-state index in [4.69, 9.17) is 15.2 Å². The van der Waals surface area contributed by atoms with E-state index in [1.54, 1.807) is 7.11 Å². The summed E-state index contributed by atoms with van der Waals surface area (Å²) < 4.78 is 11.0. The van der Waals surface area contributed by atoms with Crippen molar-refractivity contribution < 1.29 is 9.47 Å². The molecule has 0 bridgehead atoms. The molecular weight excluding hydrogens is 393 g/mol. The van der Waals surface area contributed by atoms with Gasteiger partial charge in [-0.3, -0.25) is 4.99 Å². The lowest BCUT2D eigenvalue weighted by atomic mass is 9.94. The third-order valence-corrected chi connectivity index (χ3v) is 4.21. The fourth-order valence-corrected chi connectivity index (χ4v) is 2.58. The van der Waals surface area contributed by atoms with Crippen molar-refractivity contribution in [3.8, 4) is 0 Å². The summed E-state index contributed by atoms with van der Waals surface area (Å²) in [5, 5.41) is 3.20. The van der Waals surface area contributed by atoms with Crippen LogP contribution in [0.25, 0.3) is 0 Å².